The van der Waals surface area contributed by atoms with Gasteiger partial charge < -0.3 is 14.6 Å². The molecule has 1 amide bonds. The molecule has 6 nitrogen and oxygen atoms in total. The van der Waals surface area contributed by atoms with Crippen LogP contribution in [0.25, 0.3) is 21.1 Å². The van der Waals surface area contributed by atoms with E-state index in [9.17, 15) is 4.79 Å². The lowest BCUT2D eigenvalue weighted by Gasteiger charge is -2.40. The lowest BCUT2D eigenvalue weighted by atomic mass is 10.1. The van der Waals surface area contributed by atoms with Crippen LogP contribution in [0.5, 0.6) is 10.9 Å². The number of rotatable bonds is 5. The topological polar surface area (TPSA) is 61.5 Å². The van der Waals surface area contributed by atoms with E-state index in [0.29, 0.717) is 11.2 Å². The summed E-state index contributed by atoms with van der Waals surface area (Å²) in [4.78, 5) is 24.3. The van der Waals surface area contributed by atoms with Crippen LogP contribution in [-0.4, -0.2) is 51.4 Å². The summed E-state index contributed by atoms with van der Waals surface area (Å²) in [6, 6.07) is 14.5. The smallest absolute Gasteiger partial charge is 0.279 e. The summed E-state index contributed by atoms with van der Waals surface area (Å²) in [5, 5.41) is 1.86. The lowest BCUT2D eigenvalue weighted by Crippen LogP contribution is -2.54. The fourth-order valence-corrected chi connectivity index (χ4v) is 5.26. The highest BCUT2D eigenvalue weighted by molar-refractivity contribution is 7.20. The van der Waals surface area contributed by atoms with Crippen molar-refractivity contribution < 1.29 is 9.53 Å². The number of para-hydroxylation sites is 1. The van der Waals surface area contributed by atoms with Crippen molar-refractivity contribution >= 4 is 38.4 Å². The molecule has 2 aromatic carbocycles. The summed E-state index contributed by atoms with van der Waals surface area (Å²) in [5.74, 6) is 0.959. The van der Waals surface area contributed by atoms with E-state index in [0.717, 1.165) is 54.1 Å². The first-order chi connectivity index (χ1) is 15.1. The number of aromatic nitrogens is 2. The molecule has 5 rings (SSSR count). The normalized spacial score (nSPS) is 17.5. The van der Waals surface area contributed by atoms with Gasteiger partial charge in [-0.2, -0.15) is 0 Å². The molecular formula is C24H26N4O2S. The Morgan fingerprint density at radius 3 is 2.94 bits per heavy atom. The Kier molecular flexibility index (Phi) is 5.38. The Bertz CT molecular complexity index is 1200. The Hall–Kier alpha value is -2.90. The van der Waals surface area contributed by atoms with Gasteiger partial charge in [0.05, 0.1) is 10.2 Å². The van der Waals surface area contributed by atoms with E-state index >= 15 is 0 Å². The second kappa shape index (κ2) is 8.32. The fourth-order valence-electron chi connectivity index (χ4n) is 4.42. The highest BCUT2D eigenvalue weighted by Crippen LogP contribution is 2.33. The van der Waals surface area contributed by atoms with Crippen molar-refractivity contribution in [2.24, 2.45) is 0 Å². The second-order valence-corrected chi connectivity index (χ2v) is 9.07. The number of hydrogen-bond acceptors (Lipinski definition) is 5. The lowest BCUT2D eigenvalue weighted by molar-refractivity contribution is -0.133. The molecule has 1 unspecified atom stereocenters. The van der Waals surface area contributed by atoms with Crippen LogP contribution in [0.1, 0.15) is 25.8 Å². The number of aromatic amines is 1. The molecule has 0 spiro atoms. The molecule has 1 aliphatic heterocycles. The van der Waals surface area contributed by atoms with Gasteiger partial charge in [0.1, 0.15) is 5.75 Å². The molecule has 1 saturated heterocycles. The van der Waals surface area contributed by atoms with Crippen molar-refractivity contribution in [1.82, 2.24) is 19.8 Å². The maximum atomic E-state index is 11.9. The van der Waals surface area contributed by atoms with Crippen LogP contribution in [0.3, 0.4) is 0 Å². The molecular weight excluding hydrogens is 408 g/mol. The van der Waals surface area contributed by atoms with E-state index in [1.54, 1.807) is 18.3 Å². The largest absolute Gasteiger partial charge is 0.431 e. The molecule has 4 aromatic rings. The zero-order valence-electron chi connectivity index (χ0n) is 17.8. The Morgan fingerprint density at radius 1 is 1.26 bits per heavy atom. The zero-order chi connectivity index (χ0) is 21.4. The number of carbonyl (C=O) groups is 1. The molecule has 1 fully saturated rings. The molecule has 0 bridgehead atoms. The highest BCUT2D eigenvalue weighted by atomic mass is 32.1. The number of ether oxygens (including phenoxy) is 1. The first-order valence-corrected chi connectivity index (χ1v) is 11.6. The minimum absolute atomic E-state index is 0.180. The van der Waals surface area contributed by atoms with Crippen molar-refractivity contribution in [3.63, 3.8) is 0 Å². The summed E-state index contributed by atoms with van der Waals surface area (Å²) >= 11 is 1.55. The first-order valence-electron chi connectivity index (χ1n) is 10.7. The van der Waals surface area contributed by atoms with Crippen LogP contribution in [0.4, 0.5) is 0 Å². The first kappa shape index (κ1) is 20.0. The molecule has 2 aromatic heterocycles. The second-order valence-electron chi connectivity index (χ2n) is 8.08. The van der Waals surface area contributed by atoms with Gasteiger partial charge in [0.2, 0.25) is 5.91 Å². The summed E-state index contributed by atoms with van der Waals surface area (Å²) in [6.45, 7) is 7.33. The third kappa shape index (κ3) is 4.03. The number of benzene rings is 2. The van der Waals surface area contributed by atoms with Gasteiger partial charge in [-0.05, 0) is 36.2 Å². The van der Waals surface area contributed by atoms with Gasteiger partial charge in [-0.1, -0.05) is 30.4 Å². The van der Waals surface area contributed by atoms with Crippen LogP contribution in [0.2, 0.25) is 0 Å². The molecule has 1 aliphatic rings. The number of nitrogens with zero attached hydrogens (tertiary/aromatic N) is 3. The summed E-state index contributed by atoms with van der Waals surface area (Å²) in [5.41, 5.74) is 3.29. The average Bonchev–Trinajstić information content (AvgIpc) is 3.36. The molecule has 0 aliphatic carbocycles. The quantitative estimate of drug-likeness (QED) is 0.479. The van der Waals surface area contributed by atoms with E-state index in [1.807, 2.05) is 35.2 Å². The highest BCUT2D eigenvalue weighted by Gasteiger charge is 2.27. The maximum absolute atomic E-state index is 11.9. The fraction of sp³-hybridized carbons (Fsp3) is 0.333. The molecule has 1 atom stereocenters. The van der Waals surface area contributed by atoms with Gasteiger partial charge >= 0.3 is 0 Å². The predicted octanol–water partition coefficient (Wildman–Crippen LogP) is 5.01. The number of piperazine rings is 1. The van der Waals surface area contributed by atoms with Crippen molar-refractivity contribution in [3.05, 3.63) is 54.2 Å². The number of fused-ring (bicyclic) bond motifs is 2. The molecule has 0 radical (unpaired) electrons. The molecule has 7 heteroatoms. The van der Waals surface area contributed by atoms with Gasteiger partial charge in [0, 0.05) is 62.3 Å². The van der Waals surface area contributed by atoms with Crippen LogP contribution < -0.4 is 4.74 Å². The third-order valence-electron chi connectivity index (χ3n) is 6.05. The molecule has 31 heavy (non-hydrogen) atoms. The molecule has 1 N–H and O–H groups in total. The van der Waals surface area contributed by atoms with Gasteiger partial charge in [0.25, 0.3) is 5.19 Å². The minimum atomic E-state index is 0.180. The van der Waals surface area contributed by atoms with Crippen molar-refractivity contribution in [2.45, 2.75) is 32.9 Å². The van der Waals surface area contributed by atoms with Crippen LogP contribution in [0.15, 0.2) is 48.7 Å². The van der Waals surface area contributed by atoms with Gasteiger partial charge in [-0.15, -0.1) is 0 Å². The SMILES string of the molecule is CCC1CN(Cc2c[nH]c3cc(Oc4nc5ccccc5s4)ccc23)CCN1C(C)=O. The number of hydrogen-bond donors (Lipinski definition) is 1. The van der Waals surface area contributed by atoms with Gasteiger partial charge in [0.15, 0.2) is 0 Å². The van der Waals surface area contributed by atoms with Crippen molar-refractivity contribution in [1.29, 1.82) is 0 Å². The average molecular weight is 435 g/mol. The van der Waals surface area contributed by atoms with E-state index < -0.39 is 0 Å². The number of H-pyrrole nitrogens is 1. The zero-order valence-corrected chi connectivity index (χ0v) is 18.6. The van der Waals surface area contributed by atoms with Crippen LogP contribution in [-0.2, 0) is 11.3 Å². The van der Waals surface area contributed by atoms with E-state index in [2.05, 4.69) is 40.1 Å². The number of nitrogens with one attached hydrogen (secondary N) is 1. The van der Waals surface area contributed by atoms with Crippen LogP contribution >= 0.6 is 11.3 Å². The van der Waals surface area contributed by atoms with Gasteiger partial charge in [-0.3, -0.25) is 9.69 Å². The summed E-state index contributed by atoms with van der Waals surface area (Å²) in [6.07, 6.45) is 3.07. The Balaban J connectivity index is 1.31. The third-order valence-corrected chi connectivity index (χ3v) is 6.97. The maximum Gasteiger partial charge on any atom is 0.279 e. The summed E-state index contributed by atoms with van der Waals surface area (Å²) in [7, 11) is 0. The molecule has 3 heterocycles. The molecule has 0 saturated carbocycles. The Labute approximate surface area is 185 Å². The monoisotopic (exact) mass is 434 g/mol. The van der Waals surface area contributed by atoms with E-state index in [4.69, 9.17) is 4.74 Å². The number of amides is 1. The minimum Gasteiger partial charge on any atom is -0.431 e. The van der Waals surface area contributed by atoms with E-state index in [-0.39, 0.29) is 5.91 Å². The molecule has 160 valence electrons. The van der Waals surface area contributed by atoms with Crippen molar-refractivity contribution in [3.8, 4) is 10.9 Å². The summed E-state index contributed by atoms with van der Waals surface area (Å²) < 4.78 is 7.15. The van der Waals surface area contributed by atoms with E-state index in [1.165, 1.54) is 10.9 Å². The van der Waals surface area contributed by atoms with Crippen LogP contribution in [0, 0.1) is 0 Å². The number of carbonyl (C=O) groups excluding carboxylic acids is 1. The Morgan fingerprint density at radius 2 is 2.13 bits per heavy atom. The standard InChI is InChI=1S/C24H26N4O2S/c1-3-18-15-27(10-11-28(18)16(2)29)14-17-13-25-22-12-19(8-9-20(17)22)30-24-26-21-6-4-5-7-23(21)31-24/h4-9,12-13,18,25H,3,10-11,14-15H2,1-2H3. The number of thiazole rings is 1. The predicted molar refractivity (Wildman–Crippen MR) is 125 cm³/mol. The van der Waals surface area contributed by atoms with Gasteiger partial charge in [-0.25, -0.2) is 4.98 Å². The van der Waals surface area contributed by atoms with Crippen molar-refractivity contribution in [2.75, 3.05) is 19.6 Å².